The van der Waals surface area contributed by atoms with E-state index in [0.29, 0.717) is 0 Å². The summed E-state index contributed by atoms with van der Waals surface area (Å²) in [6.45, 7) is 11.4. The molecule has 5 heterocycles. The Bertz CT molecular complexity index is 1890. The van der Waals surface area contributed by atoms with Gasteiger partial charge in [0.1, 0.15) is 41.8 Å². The Hall–Kier alpha value is -4.45. The van der Waals surface area contributed by atoms with Crippen LogP contribution in [0.4, 0.5) is 17.2 Å². The van der Waals surface area contributed by atoms with Crippen LogP contribution in [0.25, 0.3) is 17.1 Å². The Labute approximate surface area is 254 Å². The summed E-state index contributed by atoms with van der Waals surface area (Å²) in [6, 6.07) is 22.9. The van der Waals surface area contributed by atoms with Gasteiger partial charge in [0.05, 0.1) is 17.2 Å². The van der Waals surface area contributed by atoms with E-state index in [9.17, 15) is 0 Å². The van der Waals surface area contributed by atoms with Gasteiger partial charge >= 0.3 is 0 Å². The summed E-state index contributed by atoms with van der Waals surface area (Å²) in [4.78, 5) is 14.2. The van der Waals surface area contributed by atoms with Crippen LogP contribution in [-0.4, -0.2) is 27.7 Å². The van der Waals surface area contributed by atoms with Crippen LogP contribution in [0.2, 0.25) is 0 Å². The number of hydrogen-bond donors (Lipinski definition) is 0. The molecule has 3 aliphatic heterocycles. The van der Waals surface area contributed by atoms with E-state index in [-0.39, 0.29) is 17.1 Å². The van der Waals surface area contributed by atoms with E-state index in [1.54, 1.807) is 6.33 Å². The zero-order valence-corrected chi connectivity index (χ0v) is 26.0. The fourth-order valence-electron chi connectivity index (χ4n) is 9.01. The molecule has 6 heteroatoms. The first kappa shape index (κ1) is 26.2. The molecule has 0 fully saturated rings. The maximum atomic E-state index is 4.86. The van der Waals surface area contributed by atoms with Crippen molar-refractivity contribution in [1.29, 1.82) is 0 Å². The van der Waals surface area contributed by atoms with Crippen molar-refractivity contribution in [3.05, 3.63) is 113 Å². The molecule has 0 saturated carbocycles. The van der Waals surface area contributed by atoms with Gasteiger partial charge in [-0.3, -0.25) is 0 Å². The van der Waals surface area contributed by atoms with Gasteiger partial charge in [-0.05, 0) is 68.0 Å². The van der Waals surface area contributed by atoms with E-state index in [4.69, 9.17) is 4.98 Å². The molecule has 2 unspecified atom stereocenters. The maximum Gasteiger partial charge on any atom is 0.294 e. The molecule has 6 nitrogen and oxygen atoms in total. The topological polar surface area (TPSA) is 41.1 Å². The summed E-state index contributed by atoms with van der Waals surface area (Å²) in [5.41, 5.74) is 11.1. The first-order valence-electron chi connectivity index (χ1n) is 15.6. The Morgan fingerprint density at radius 1 is 0.907 bits per heavy atom. The van der Waals surface area contributed by atoms with Gasteiger partial charge in [-0.15, -0.1) is 0 Å². The first-order valence-corrected chi connectivity index (χ1v) is 15.6. The molecule has 2 aromatic heterocycles. The number of aromatic nitrogens is 4. The number of imidazole rings is 1. The predicted octanol–water partition coefficient (Wildman–Crippen LogP) is 7.28. The smallest absolute Gasteiger partial charge is 0.294 e. The third-order valence-corrected chi connectivity index (χ3v) is 10.8. The average molecular weight is 568 g/mol. The second-order valence-electron chi connectivity index (χ2n) is 12.8. The highest BCUT2D eigenvalue weighted by molar-refractivity contribution is 5.88. The Kier molecular flexibility index (Phi) is 5.50. The van der Waals surface area contributed by atoms with Gasteiger partial charge in [-0.1, -0.05) is 67.9 Å². The molecule has 2 atom stereocenters. The van der Waals surface area contributed by atoms with Gasteiger partial charge in [0.25, 0.3) is 5.82 Å². The van der Waals surface area contributed by atoms with Crippen LogP contribution in [0.15, 0.2) is 85.6 Å². The quantitative estimate of drug-likeness (QED) is 0.215. The summed E-state index contributed by atoms with van der Waals surface area (Å²) in [5.74, 6) is 2.26. The zero-order chi connectivity index (χ0) is 29.7. The molecule has 0 bridgehead atoms. The number of fused-ring (bicyclic) bond motifs is 11. The van der Waals surface area contributed by atoms with E-state index >= 15 is 0 Å². The van der Waals surface area contributed by atoms with E-state index in [2.05, 4.69) is 139 Å². The molecule has 0 saturated heterocycles. The van der Waals surface area contributed by atoms with Crippen LogP contribution < -0.4 is 14.4 Å². The summed E-state index contributed by atoms with van der Waals surface area (Å²) in [7, 11) is 2.23. The number of nitrogens with zero attached hydrogens (tertiary/aromatic N) is 6. The lowest BCUT2D eigenvalue weighted by Gasteiger charge is -2.44. The van der Waals surface area contributed by atoms with Gasteiger partial charge in [-0.25, -0.2) is 14.5 Å². The van der Waals surface area contributed by atoms with Gasteiger partial charge in [0.2, 0.25) is 0 Å². The van der Waals surface area contributed by atoms with Crippen molar-refractivity contribution in [2.45, 2.75) is 71.0 Å². The minimum atomic E-state index is -0.317. The molecule has 0 amide bonds. The van der Waals surface area contributed by atoms with Crippen molar-refractivity contribution in [1.82, 2.24) is 14.5 Å². The molecule has 43 heavy (non-hydrogen) atoms. The van der Waals surface area contributed by atoms with Gasteiger partial charge in [-0.2, -0.15) is 4.57 Å². The third-order valence-electron chi connectivity index (χ3n) is 10.8. The zero-order valence-electron chi connectivity index (χ0n) is 26.0. The third kappa shape index (κ3) is 3.21. The molecule has 5 aromatic rings. The largest absolute Gasteiger partial charge is 0.349 e. The minimum Gasteiger partial charge on any atom is -0.349 e. The summed E-state index contributed by atoms with van der Waals surface area (Å²) >= 11 is 0. The first-order chi connectivity index (χ1) is 20.9. The van der Waals surface area contributed by atoms with Crippen LogP contribution in [0.5, 0.6) is 0 Å². The predicted molar refractivity (Wildman–Crippen MR) is 172 cm³/mol. The van der Waals surface area contributed by atoms with E-state index in [1.165, 1.54) is 50.6 Å². The molecule has 216 valence electrons. The van der Waals surface area contributed by atoms with Gasteiger partial charge < -0.3 is 9.80 Å². The van der Waals surface area contributed by atoms with Gasteiger partial charge in [0.15, 0.2) is 5.82 Å². The summed E-state index contributed by atoms with van der Waals surface area (Å²) < 4.78 is 5.10. The summed E-state index contributed by atoms with van der Waals surface area (Å²) in [5, 5.41) is 0. The number of para-hydroxylation sites is 1. The van der Waals surface area contributed by atoms with Crippen molar-refractivity contribution in [3.63, 3.8) is 0 Å². The van der Waals surface area contributed by atoms with Crippen molar-refractivity contribution < 1.29 is 4.57 Å². The van der Waals surface area contributed by atoms with Gasteiger partial charge in [0, 0.05) is 19.2 Å². The average Bonchev–Trinajstić information content (AvgIpc) is 3.64. The lowest BCUT2D eigenvalue weighted by Crippen LogP contribution is -2.60. The second-order valence-corrected chi connectivity index (χ2v) is 12.8. The number of rotatable bonds is 3. The minimum absolute atomic E-state index is 0.0381. The molecule has 8 rings (SSSR count). The molecule has 0 radical (unpaired) electrons. The normalized spacial score (nSPS) is 20.8. The molecular weight excluding hydrogens is 528 g/mol. The Morgan fingerprint density at radius 3 is 2.35 bits per heavy atom. The highest BCUT2D eigenvalue weighted by atomic mass is 15.5. The number of hydrogen-bond acceptors (Lipinski definition) is 4. The van der Waals surface area contributed by atoms with Crippen LogP contribution in [0.3, 0.4) is 0 Å². The Balaban J connectivity index is 1.50. The van der Waals surface area contributed by atoms with E-state index in [0.717, 1.165) is 30.8 Å². The summed E-state index contributed by atoms with van der Waals surface area (Å²) in [6.07, 6.45) is 11.4. The lowest BCUT2D eigenvalue weighted by molar-refractivity contribution is -0.757. The van der Waals surface area contributed by atoms with Crippen molar-refractivity contribution in [3.8, 4) is 17.1 Å². The van der Waals surface area contributed by atoms with Crippen LogP contribution in [-0.2, 0) is 11.0 Å². The number of benzene rings is 3. The fraction of sp³-hybridized carbons (Fsp3) is 0.324. The number of likely N-dealkylation sites (N-methyl/N-ethyl adjacent to an activating group) is 1. The van der Waals surface area contributed by atoms with Crippen molar-refractivity contribution >= 4 is 17.2 Å². The standard InChI is InChI=1S/C37H39N6/c1-7-36(8-2)22-37(29-15-11-12-16-30(29)43-33-31(21-38-23-39-33)40(6)35(37)43)28-14-10-9-13-27(28)34-41(17-18-42(34)36)32-25(4)19-24(3)20-26(32)5/h9-21,23,35H,7-8,22H2,1-6H3/q+1. The molecule has 0 N–H and O–H groups in total. The molecule has 3 aromatic carbocycles. The number of anilines is 3. The second kappa shape index (κ2) is 9.03. The molecule has 0 aliphatic carbocycles. The SMILES string of the molecule is CCC1(CC)CC2(c3ccccc3-c3n(-c4c(C)cc(C)cc4C)cc[n+]31)c1ccccc1N1c3ncncc3N(C)C12. The number of aryl methyl sites for hydroxylation is 3. The van der Waals surface area contributed by atoms with Crippen LogP contribution >= 0.6 is 0 Å². The monoisotopic (exact) mass is 567 g/mol. The van der Waals surface area contributed by atoms with Crippen LogP contribution in [0.1, 0.15) is 60.9 Å². The fourth-order valence-corrected chi connectivity index (χ4v) is 9.01. The van der Waals surface area contributed by atoms with Crippen LogP contribution in [0, 0.1) is 20.8 Å². The Morgan fingerprint density at radius 2 is 1.60 bits per heavy atom. The van der Waals surface area contributed by atoms with Crippen molar-refractivity contribution in [2.24, 2.45) is 0 Å². The molecular formula is C37H39N6+. The highest BCUT2D eigenvalue weighted by Gasteiger charge is 2.63. The molecule has 3 aliphatic rings. The lowest BCUT2D eigenvalue weighted by atomic mass is 9.64. The van der Waals surface area contributed by atoms with E-state index < -0.39 is 0 Å². The van der Waals surface area contributed by atoms with E-state index in [1.807, 2.05) is 6.20 Å². The van der Waals surface area contributed by atoms with Crippen molar-refractivity contribution in [2.75, 3.05) is 16.8 Å². The highest BCUT2D eigenvalue weighted by Crippen LogP contribution is 2.63. The molecule has 1 spiro atoms. The maximum absolute atomic E-state index is 4.86.